The van der Waals surface area contributed by atoms with Gasteiger partial charge in [-0.05, 0) is 42.0 Å². The maximum absolute atomic E-state index is 13.3. The second kappa shape index (κ2) is 8.65. The van der Waals surface area contributed by atoms with Gasteiger partial charge in [0, 0.05) is 29.3 Å². The second-order valence-corrected chi connectivity index (χ2v) is 9.27. The number of nitrogens with one attached hydrogen (secondary N) is 1. The number of hydrogen-bond acceptors (Lipinski definition) is 5. The Morgan fingerprint density at radius 3 is 2.56 bits per heavy atom. The number of ether oxygens (including phenoxy) is 2. The highest BCUT2D eigenvalue weighted by Crippen LogP contribution is 2.47. The summed E-state index contributed by atoms with van der Waals surface area (Å²) in [4.78, 5) is 26.1. The lowest BCUT2D eigenvalue weighted by Gasteiger charge is -2.39. The molecule has 1 heterocycles. The van der Waals surface area contributed by atoms with Gasteiger partial charge in [-0.2, -0.15) is 0 Å². The summed E-state index contributed by atoms with van der Waals surface area (Å²) in [6, 6.07) is 17.6. The van der Waals surface area contributed by atoms with Crippen molar-refractivity contribution in [3.63, 3.8) is 0 Å². The van der Waals surface area contributed by atoms with Crippen LogP contribution in [0.1, 0.15) is 50.7 Å². The molecule has 2 aromatic carbocycles. The van der Waals surface area contributed by atoms with Crippen LogP contribution in [0.2, 0.25) is 0 Å². The van der Waals surface area contributed by atoms with E-state index >= 15 is 0 Å². The molecule has 32 heavy (non-hydrogen) atoms. The van der Waals surface area contributed by atoms with Crippen LogP contribution < -0.4 is 10.1 Å². The van der Waals surface area contributed by atoms with Gasteiger partial charge in [0.2, 0.25) is 0 Å². The van der Waals surface area contributed by atoms with E-state index in [1.54, 1.807) is 0 Å². The first-order chi connectivity index (χ1) is 15.3. The summed E-state index contributed by atoms with van der Waals surface area (Å²) in [5, 5.41) is 3.34. The first-order valence-corrected chi connectivity index (χ1v) is 10.9. The molecular formula is C27H29NO4. The summed E-state index contributed by atoms with van der Waals surface area (Å²) < 4.78 is 11.1. The molecule has 0 aromatic heterocycles. The van der Waals surface area contributed by atoms with Crippen molar-refractivity contribution in [2.75, 3.05) is 7.11 Å². The Labute approximate surface area is 189 Å². The quantitative estimate of drug-likeness (QED) is 0.672. The Morgan fingerprint density at radius 2 is 1.84 bits per heavy atom. The highest BCUT2D eigenvalue weighted by atomic mass is 16.5. The largest absolute Gasteiger partial charge is 0.489 e. The van der Waals surface area contributed by atoms with E-state index in [0.717, 1.165) is 28.9 Å². The molecule has 0 saturated heterocycles. The second-order valence-electron chi connectivity index (χ2n) is 9.27. The lowest BCUT2D eigenvalue weighted by molar-refractivity contribution is -0.136. The number of ketones is 1. The maximum Gasteiger partial charge on any atom is 0.336 e. The molecule has 0 bridgehead atoms. The molecule has 1 aliphatic heterocycles. The Kier molecular flexibility index (Phi) is 5.92. The van der Waals surface area contributed by atoms with Crippen LogP contribution in [0.4, 0.5) is 0 Å². The third-order valence-electron chi connectivity index (χ3n) is 6.08. The molecule has 0 radical (unpaired) electrons. The monoisotopic (exact) mass is 431 g/mol. The molecule has 0 unspecified atom stereocenters. The fraction of sp³-hybridized carbons (Fsp3) is 0.333. The molecule has 4 rings (SSSR count). The zero-order valence-electron chi connectivity index (χ0n) is 19.0. The summed E-state index contributed by atoms with van der Waals surface area (Å²) in [5.41, 5.74) is 4.54. The van der Waals surface area contributed by atoms with Crippen LogP contribution in [-0.2, 0) is 20.9 Å². The van der Waals surface area contributed by atoms with Crippen LogP contribution in [0.5, 0.6) is 5.75 Å². The molecule has 2 aromatic rings. The highest BCUT2D eigenvalue weighted by Gasteiger charge is 2.43. The lowest BCUT2D eigenvalue weighted by Crippen LogP contribution is -2.38. The van der Waals surface area contributed by atoms with Crippen LogP contribution >= 0.6 is 0 Å². The van der Waals surface area contributed by atoms with E-state index in [2.05, 4.69) is 19.2 Å². The van der Waals surface area contributed by atoms with E-state index in [-0.39, 0.29) is 11.2 Å². The zero-order chi connectivity index (χ0) is 22.9. The summed E-state index contributed by atoms with van der Waals surface area (Å²) in [6.45, 7) is 6.50. The van der Waals surface area contributed by atoms with Crippen molar-refractivity contribution in [1.82, 2.24) is 5.32 Å². The molecule has 0 fully saturated rings. The van der Waals surface area contributed by atoms with Crippen molar-refractivity contribution in [2.45, 2.75) is 46.1 Å². The van der Waals surface area contributed by atoms with E-state index in [1.165, 1.54) is 7.11 Å². The number of allylic oxidation sites excluding steroid dienone is 3. The van der Waals surface area contributed by atoms with Crippen molar-refractivity contribution < 1.29 is 19.1 Å². The van der Waals surface area contributed by atoms with Gasteiger partial charge >= 0.3 is 5.97 Å². The zero-order valence-corrected chi connectivity index (χ0v) is 19.0. The number of methoxy groups -OCH3 is 1. The van der Waals surface area contributed by atoms with Gasteiger partial charge in [-0.15, -0.1) is 0 Å². The molecule has 0 saturated carbocycles. The van der Waals surface area contributed by atoms with Gasteiger partial charge in [-0.3, -0.25) is 4.79 Å². The Hall–Kier alpha value is -3.34. The number of rotatable bonds is 5. The van der Waals surface area contributed by atoms with Crippen molar-refractivity contribution in [2.24, 2.45) is 5.41 Å². The molecule has 0 spiro atoms. The molecule has 5 nitrogen and oxygen atoms in total. The standard InChI is InChI=1S/C27H29NO4/c1-17-23(26(30)31-4)24(25-21(28-17)14-27(2,3)15-22(25)29)19-11-8-12-20(13-19)32-16-18-9-6-5-7-10-18/h5-13,24,28H,14-16H2,1-4H3/t24-/m1/s1. The van der Waals surface area contributed by atoms with Gasteiger partial charge in [0.25, 0.3) is 0 Å². The first kappa shape index (κ1) is 21.9. The topological polar surface area (TPSA) is 64.6 Å². The van der Waals surface area contributed by atoms with Crippen molar-refractivity contribution in [1.29, 1.82) is 0 Å². The predicted molar refractivity (Wildman–Crippen MR) is 123 cm³/mol. The van der Waals surface area contributed by atoms with E-state index in [9.17, 15) is 9.59 Å². The Bertz CT molecular complexity index is 1110. The number of benzene rings is 2. The van der Waals surface area contributed by atoms with Crippen LogP contribution in [0.25, 0.3) is 0 Å². The minimum absolute atomic E-state index is 0.0678. The summed E-state index contributed by atoms with van der Waals surface area (Å²) >= 11 is 0. The SMILES string of the molecule is COC(=O)C1=C(C)NC2=C(C(=O)CC(C)(C)C2)[C@@H]1c1cccc(OCc2ccccc2)c1. The first-order valence-electron chi connectivity index (χ1n) is 10.9. The number of dihydropyridines is 1. The number of hydrogen-bond donors (Lipinski definition) is 1. The predicted octanol–water partition coefficient (Wildman–Crippen LogP) is 5.04. The van der Waals surface area contributed by atoms with Gasteiger partial charge in [0.15, 0.2) is 5.78 Å². The minimum atomic E-state index is -0.484. The Balaban J connectivity index is 1.74. The molecule has 5 heteroatoms. The third-order valence-corrected chi connectivity index (χ3v) is 6.08. The third kappa shape index (κ3) is 4.33. The van der Waals surface area contributed by atoms with Gasteiger partial charge in [0.05, 0.1) is 12.7 Å². The van der Waals surface area contributed by atoms with Gasteiger partial charge in [0.1, 0.15) is 12.4 Å². The molecule has 0 amide bonds. The van der Waals surface area contributed by atoms with Crippen molar-refractivity contribution in [3.8, 4) is 5.75 Å². The van der Waals surface area contributed by atoms with E-state index < -0.39 is 11.9 Å². The molecule has 166 valence electrons. The Morgan fingerprint density at radius 1 is 1.09 bits per heavy atom. The normalized spacial score (nSPS) is 19.9. The van der Waals surface area contributed by atoms with Gasteiger partial charge in [-0.25, -0.2) is 4.79 Å². The van der Waals surface area contributed by atoms with Crippen molar-refractivity contribution in [3.05, 3.63) is 88.3 Å². The number of esters is 1. The summed E-state index contributed by atoms with van der Waals surface area (Å²) in [7, 11) is 1.37. The molecule has 1 atom stereocenters. The van der Waals surface area contributed by atoms with Gasteiger partial charge in [-0.1, -0.05) is 56.3 Å². The average molecular weight is 432 g/mol. The molecule has 1 aliphatic carbocycles. The highest BCUT2D eigenvalue weighted by molar-refractivity contribution is 6.04. The van der Waals surface area contributed by atoms with E-state index in [4.69, 9.17) is 9.47 Å². The van der Waals surface area contributed by atoms with Crippen LogP contribution in [0.3, 0.4) is 0 Å². The van der Waals surface area contributed by atoms with E-state index in [0.29, 0.717) is 29.9 Å². The number of Topliss-reactive ketones (excluding diaryl/α,β-unsaturated/α-hetero) is 1. The number of carbonyl (C=O) groups is 2. The number of carbonyl (C=O) groups excluding carboxylic acids is 2. The smallest absolute Gasteiger partial charge is 0.336 e. The van der Waals surface area contributed by atoms with Crippen molar-refractivity contribution >= 4 is 11.8 Å². The molecular weight excluding hydrogens is 402 g/mol. The molecule has 2 aliphatic rings. The van der Waals surface area contributed by atoms with Crippen LogP contribution in [0.15, 0.2) is 77.1 Å². The van der Waals surface area contributed by atoms with E-state index in [1.807, 2.05) is 61.5 Å². The average Bonchev–Trinajstić information content (AvgIpc) is 2.76. The van der Waals surface area contributed by atoms with Gasteiger partial charge < -0.3 is 14.8 Å². The minimum Gasteiger partial charge on any atom is -0.489 e. The lowest BCUT2D eigenvalue weighted by atomic mass is 9.68. The summed E-state index contributed by atoms with van der Waals surface area (Å²) in [5.74, 6) is -0.155. The maximum atomic E-state index is 13.3. The fourth-order valence-corrected chi connectivity index (χ4v) is 4.67. The fourth-order valence-electron chi connectivity index (χ4n) is 4.67. The molecule has 1 N–H and O–H groups in total. The van der Waals surface area contributed by atoms with Crippen LogP contribution in [0, 0.1) is 5.41 Å². The van der Waals surface area contributed by atoms with Crippen LogP contribution in [-0.4, -0.2) is 18.9 Å². The summed E-state index contributed by atoms with van der Waals surface area (Å²) in [6.07, 6.45) is 1.20.